The lowest BCUT2D eigenvalue weighted by atomic mass is 10.00. The SMILES string of the molecule is CC(=O)c1cccc(OC(C)C(=O)NC(C)Cc2ccc(C)cc2C)c1. The number of benzene rings is 2. The zero-order valence-electron chi connectivity index (χ0n) is 16.1. The topological polar surface area (TPSA) is 55.4 Å². The number of carbonyl (C=O) groups excluding carboxylic acids is 2. The second-order valence-electron chi connectivity index (χ2n) is 6.89. The summed E-state index contributed by atoms with van der Waals surface area (Å²) < 4.78 is 5.69. The van der Waals surface area contributed by atoms with Gasteiger partial charge in [0.2, 0.25) is 0 Å². The molecule has 0 fully saturated rings. The number of amides is 1. The van der Waals surface area contributed by atoms with E-state index in [0.29, 0.717) is 11.3 Å². The Morgan fingerprint density at radius 1 is 1.08 bits per heavy atom. The molecular weight excluding hydrogens is 326 g/mol. The smallest absolute Gasteiger partial charge is 0.260 e. The Kier molecular flexibility index (Phi) is 6.56. The molecule has 0 aromatic heterocycles. The third-order valence-corrected chi connectivity index (χ3v) is 4.34. The van der Waals surface area contributed by atoms with E-state index >= 15 is 0 Å². The molecule has 0 heterocycles. The molecule has 0 aliphatic rings. The summed E-state index contributed by atoms with van der Waals surface area (Å²) >= 11 is 0. The average Bonchev–Trinajstić information content (AvgIpc) is 2.57. The standard InChI is InChI=1S/C22H27NO3/c1-14-9-10-19(15(2)11-14)12-16(3)23-22(25)18(5)26-21-8-6-7-20(13-21)17(4)24/h6-11,13,16,18H,12H2,1-5H3,(H,23,25). The van der Waals surface area contributed by atoms with Gasteiger partial charge in [-0.15, -0.1) is 0 Å². The highest BCUT2D eigenvalue weighted by Crippen LogP contribution is 2.16. The van der Waals surface area contributed by atoms with E-state index in [1.54, 1.807) is 31.2 Å². The third kappa shape index (κ3) is 5.45. The molecule has 2 aromatic carbocycles. The molecule has 0 aliphatic heterocycles. The van der Waals surface area contributed by atoms with Crippen LogP contribution in [0.15, 0.2) is 42.5 Å². The van der Waals surface area contributed by atoms with Crippen molar-refractivity contribution < 1.29 is 14.3 Å². The quantitative estimate of drug-likeness (QED) is 0.765. The predicted molar refractivity (Wildman–Crippen MR) is 104 cm³/mol. The molecule has 4 heteroatoms. The molecule has 0 bridgehead atoms. The average molecular weight is 353 g/mol. The molecule has 0 saturated carbocycles. The van der Waals surface area contributed by atoms with Gasteiger partial charge in [0.1, 0.15) is 5.75 Å². The van der Waals surface area contributed by atoms with Crippen LogP contribution in [0.25, 0.3) is 0 Å². The van der Waals surface area contributed by atoms with Crippen molar-refractivity contribution in [2.45, 2.75) is 53.2 Å². The van der Waals surface area contributed by atoms with E-state index in [1.807, 2.05) is 6.92 Å². The largest absolute Gasteiger partial charge is 0.481 e. The number of aryl methyl sites for hydroxylation is 2. The van der Waals surface area contributed by atoms with Crippen LogP contribution in [0, 0.1) is 13.8 Å². The molecule has 4 nitrogen and oxygen atoms in total. The van der Waals surface area contributed by atoms with E-state index < -0.39 is 6.10 Å². The summed E-state index contributed by atoms with van der Waals surface area (Å²) in [5.74, 6) is 0.313. The number of rotatable bonds is 7. The van der Waals surface area contributed by atoms with Crippen LogP contribution in [0.3, 0.4) is 0 Å². The van der Waals surface area contributed by atoms with E-state index in [9.17, 15) is 9.59 Å². The van der Waals surface area contributed by atoms with Gasteiger partial charge in [0.05, 0.1) is 0 Å². The maximum Gasteiger partial charge on any atom is 0.260 e. The number of hydrogen-bond acceptors (Lipinski definition) is 3. The highest BCUT2D eigenvalue weighted by Gasteiger charge is 2.18. The molecule has 2 aromatic rings. The minimum absolute atomic E-state index is 0.00138. The molecule has 0 aliphatic carbocycles. The van der Waals surface area contributed by atoms with Gasteiger partial charge in [-0.3, -0.25) is 9.59 Å². The highest BCUT2D eigenvalue weighted by molar-refractivity contribution is 5.94. The Morgan fingerprint density at radius 2 is 1.81 bits per heavy atom. The zero-order valence-corrected chi connectivity index (χ0v) is 16.1. The lowest BCUT2D eigenvalue weighted by molar-refractivity contribution is -0.127. The summed E-state index contributed by atoms with van der Waals surface area (Å²) in [6, 6.07) is 13.2. The number of ketones is 1. The van der Waals surface area contributed by atoms with E-state index in [4.69, 9.17) is 4.74 Å². The third-order valence-electron chi connectivity index (χ3n) is 4.34. The monoisotopic (exact) mass is 353 g/mol. The van der Waals surface area contributed by atoms with Crippen LogP contribution in [0.2, 0.25) is 0 Å². The van der Waals surface area contributed by atoms with Gasteiger partial charge < -0.3 is 10.1 Å². The van der Waals surface area contributed by atoms with E-state index in [0.717, 1.165) is 6.42 Å². The Balaban J connectivity index is 1.93. The number of ether oxygens (including phenoxy) is 1. The van der Waals surface area contributed by atoms with Gasteiger partial charge in [0, 0.05) is 11.6 Å². The van der Waals surface area contributed by atoms with Gasteiger partial charge in [-0.2, -0.15) is 0 Å². The number of carbonyl (C=O) groups is 2. The number of Topliss-reactive ketones (excluding diaryl/α,β-unsaturated/α-hetero) is 1. The lowest BCUT2D eigenvalue weighted by Gasteiger charge is -2.20. The first-order valence-corrected chi connectivity index (χ1v) is 8.90. The van der Waals surface area contributed by atoms with Crippen molar-refractivity contribution >= 4 is 11.7 Å². The van der Waals surface area contributed by atoms with Gasteiger partial charge in [-0.25, -0.2) is 0 Å². The fourth-order valence-corrected chi connectivity index (χ4v) is 2.86. The molecule has 2 atom stereocenters. The molecule has 2 rings (SSSR count). The van der Waals surface area contributed by atoms with E-state index in [-0.39, 0.29) is 17.7 Å². The van der Waals surface area contributed by atoms with E-state index in [1.165, 1.54) is 23.6 Å². The van der Waals surface area contributed by atoms with Crippen molar-refractivity contribution in [3.05, 3.63) is 64.7 Å². The van der Waals surface area contributed by atoms with Crippen molar-refractivity contribution in [2.24, 2.45) is 0 Å². The number of hydrogen-bond donors (Lipinski definition) is 1. The van der Waals surface area contributed by atoms with Gasteiger partial charge in [0.15, 0.2) is 11.9 Å². The molecule has 0 radical (unpaired) electrons. The van der Waals surface area contributed by atoms with Crippen LogP contribution in [-0.2, 0) is 11.2 Å². The van der Waals surface area contributed by atoms with Crippen LogP contribution in [0.1, 0.15) is 47.8 Å². The Morgan fingerprint density at radius 3 is 2.46 bits per heavy atom. The van der Waals surface area contributed by atoms with Gasteiger partial charge in [-0.1, -0.05) is 35.9 Å². The van der Waals surface area contributed by atoms with Crippen molar-refractivity contribution in [3.8, 4) is 5.75 Å². The molecule has 0 saturated heterocycles. The summed E-state index contributed by atoms with van der Waals surface area (Å²) in [7, 11) is 0. The van der Waals surface area contributed by atoms with Gasteiger partial charge >= 0.3 is 0 Å². The fourth-order valence-electron chi connectivity index (χ4n) is 2.86. The summed E-state index contributed by atoms with van der Waals surface area (Å²) in [6.07, 6.45) is 0.128. The Labute approximate surface area is 155 Å². The normalized spacial score (nSPS) is 13.0. The summed E-state index contributed by atoms with van der Waals surface area (Å²) in [5.41, 5.74) is 4.26. The van der Waals surface area contributed by atoms with Crippen molar-refractivity contribution in [3.63, 3.8) is 0 Å². The van der Waals surface area contributed by atoms with Gasteiger partial charge in [-0.05, 0) is 64.3 Å². The fraction of sp³-hybridized carbons (Fsp3) is 0.364. The van der Waals surface area contributed by atoms with Crippen molar-refractivity contribution in [1.29, 1.82) is 0 Å². The molecule has 1 amide bonds. The van der Waals surface area contributed by atoms with Crippen molar-refractivity contribution in [2.75, 3.05) is 0 Å². The lowest BCUT2D eigenvalue weighted by Crippen LogP contribution is -2.42. The summed E-state index contributed by atoms with van der Waals surface area (Å²) in [5, 5.41) is 3.00. The van der Waals surface area contributed by atoms with E-state index in [2.05, 4.69) is 37.4 Å². The summed E-state index contributed by atoms with van der Waals surface area (Å²) in [6.45, 7) is 9.36. The first-order valence-electron chi connectivity index (χ1n) is 8.90. The Bertz CT molecular complexity index is 798. The first kappa shape index (κ1) is 19.7. The molecule has 1 N–H and O–H groups in total. The van der Waals surface area contributed by atoms with Gasteiger partial charge in [0.25, 0.3) is 5.91 Å². The molecular formula is C22H27NO3. The van der Waals surface area contributed by atoms with Crippen molar-refractivity contribution in [1.82, 2.24) is 5.32 Å². The zero-order chi connectivity index (χ0) is 19.3. The predicted octanol–water partition coefficient (Wildman–Crippen LogP) is 4.02. The molecule has 0 spiro atoms. The van der Waals surface area contributed by atoms with Crippen LogP contribution < -0.4 is 10.1 Å². The molecule has 26 heavy (non-hydrogen) atoms. The minimum atomic E-state index is -0.640. The minimum Gasteiger partial charge on any atom is -0.481 e. The maximum absolute atomic E-state index is 12.4. The van der Waals surface area contributed by atoms with Crippen LogP contribution in [0.5, 0.6) is 5.75 Å². The van der Waals surface area contributed by atoms with Crippen LogP contribution >= 0.6 is 0 Å². The second kappa shape index (κ2) is 8.65. The number of nitrogens with one attached hydrogen (secondary N) is 1. The molecule has 2 unspecified atom stereocenters. The van der Waals surface area contributed by atoms with Crippen LogP contribution in [-0.4, -0.2) is 23.8 Å². The molecule has 138 valence electrons. The first-order chi connectivity index (χ1) is 12.3. The maximum atomic E-state index is 12.4. The second-order valence-corrected chi connectivity index (χ2v) is 6.89. The Hall–Kier alpha value is -2.62. The highest BCUT2D eigenvalue weighted by atomic mass is 16.5. The van der Waals surface area contributed by atoms with Crippen LogP contribution in [0.4, 0.5) is 0 Å². The summed E-state index contributed by atoms with van der Waals surface area (Å²) in [4.78, 5) is 23.9.